The lowest BCUT2D eigenvalue weighted by Gasteiger charge is -2.15. The molecule has 0 aliphatic rings. The molecule has 1 aromatic rings. The van der Waals surface area contributed by atoms with E-state index >= 15 is 0 Å². The van der Waals surface area contributed by atoms with Gasteiger partial charge < -0.3 is 0 Å². The van der Waals surface area contributed by atoms with Crippen LogP contribution in [0, 0.1) is 0 Å². The molecule has 3 heteroatoms. The molecule has 0 saturated carbocycles. The minimum Gasteiger partial charge on any atom is -0.297 e. The molecule has 1 atom stereocenters. The van der Waals surface area contributed by atoms with E-state index in [0.29, 0.717) is 0 Å². The van der Waals surface area contributed by atoms with Crippen LogP contribution in [0.3, 0.4) is 0 Å². The first-order chi connectivity index (χ1) is 10.7. The quantitative estimate of drug-likeness (QED) is 0.385. The fraction of sp³-hybridized carbons (Fsp3) is 0.632. The number of rotatable bonds is 13. The van der Waals surface area contributed by atoms with Gasteiger partial charge in [0.05, 0.1) is 5.69 Å². The van der Waals surface area contributed by atoms with Crippen molar-refractivity contribution in [2.45, 2.75) is 77.7 Å². The van der Waals surface area contributed by atoms with E-state index in [1.807, 2.05) is 30.3 Å². The van der Waals surface area contributed by atoms with E-state index in [1.54, 1.807) is 6.92 Å². The normalized spacial score (nSPS) is 12.1. The van der Waals surface area contributed by atoms with Crippen LogP contribution in [0.4, 0.5) is 5.69 Å². The average Bonchev–Trinajstić information content (AvgIpc) is 2.53. The van der Waals surface area contributed by atoms with Gasteiger partial charge >= 0.3 is 0 Å². The number of hydrogen-bond acceptors (Lipinski definition) is 3. The fourth-order valence-corrected chi connectivity index (χ4v) is 2.45. The van der Waals surface area contributed by atoms with Gasteiger partial charge in [-0.15, -0.1) is 0 Å². The molecule has 0 bridgehead atoms. The van der Waals surface area contributed by atoms with Gasteiger partial charge in [-0.25, -0.2) is 0 Å². The van der Waals surface area contributed by atoms with Crippen molar-refractivity contribution in [2.24, 2.45) is 0 Å². The van der Waals surface area contributed by atoms with Crippen LogP contribution in [0.25, 0.3) is 0 Å². The topological polar surface area (TPSA) is 38.3 Å². The molecule has 0 unspecified atom stereocenters. The van der Waals surface area contributed by atoms with Crippen molar-refractivity contribution >= 4 is 11.5 Å². The summed E-state index contributed by atoms with van der Waals surface area (Å²) in [5.41, 5.74) is 3.76. The van der Waals surface area contributed by atoms with Crippen LogP contribution < -0.4 is 5.48 Å². The second kappa shape index (κ2) is 12.2. The number of benzene rings is 1. The third-order valence-corrected chi connectivity index (χ3v) is 3.87. The molecule has 0 fully saturated rings. The molecule has 0 heterocycles. The molecule has 0 amide bonds. The number of anilines is 1. The molecule has 0 saturated heterocycles. The maximum Gasteiger partial charge on any atom is 0.161 e. The Morgan fingerprint density at radius 3 is 2.18 bits per heavy atom. The van der Waals surface area contributed by atoms with Crippen LogP contribution in [-0.4, -0.2) is 11.9 Å². The highest BCUT2D eigenvalue weighted by Crippen LogP contribution is 2.13. The van der Waals surface area contributed by atoms with E-state index in [4.69, 9.17) is 4.84 Å². The summed E-state index contributed by atoms with van der Waals surface area (Å²) in [5, 5.41) is 0. The summed E-state index contributed by atoms with van der Waals surface area (Å²) in [4.78, 5) is 17.2. The van der Waals surface area contributed by atoms with E-state index in [0.717, 1.165) is 18.5 Å². The maximum absolute atomic E-state index is 11.6. The Bertz CT molecular complexity index is 392. The van der Waals surface area contributed by atoms with Gasteiger partial charge in [-0.2, -0.15) is 0 Å². The van der Waals surface area contributed by atoms with Gasteiger partial charge in [-0.3, -0.25) is 15.1 Å². The third kappa shape index (κ3) is 8.83. The smallest absolute Gasteiger partial charge is 0.161 e. The van der Waals surface area contributed by atoms with Gasteiger partial charge in [0.1, 0.15) is 6.10 Å². The number of para-hydroxylation sites is 1. The molecular formula is C19H31NO2. The summed E-state index contributed by atoms with van der Waals surface area (Å²) < 4.78 is 0. The molecule has 0 aliphatic carbocycles. The molecule has 3 nitrogen and oxygen atoms in total. The Morgan fingerprint density at radius 2 is 1.59 bits per heavy atom. The Morgan fingerprint density at radius 1 is 1.00 bits per heavy atom. The van der Waals surface area contributed by atoms with Crippen molar-refractivity contribution in [3.8, 4) is 0 Å². The largest absolute Gasteiger partial charge is 0.297 e. The highest BCUT2D eigenvalue weighted by atomic mass is 16.7. The van der Waals surface area contributed by atoms with E-state index in [9.17, 15) is 4.79 Å². The van der Waals surface area contributed by atoms with Crippen molar-refractivity contribution in [3.05, 3.63) is 30.3 Å². The van der Waals surface area contributed by atoms with Crippen LogP contribution in [0.5, 0.6) is 0 Å². The second-order valence-corrected chi connectivity index (χ2v) is 5.95. The lowest BCUT2D eigenvalue weighted by Crippen LogP contribution is -2.24. The Hall–Kier alpha value is -1.35. The Kier molecular flexibility index (Phi) is 10.4. The van der Waals surface area contributed by atoms with Crippen molar-refractivity contribution in [1.82, 2.24) is 0 Å². The summed E-state index contributed by atoms with van der Waals surface area (Å²) in [6.07, 6.45) is 10.6. The Labute approximate surface area is 135 Å². The molecule has 0 radical (unpaired) electrons. The predicted octanol–water partition coefficient (Wildman–Crippen LogP) is 5.52. The summed E-state index contributed by atoms with van der Waals surface area (Å²) >= 11 is 0. The van der Waals surface area contributed by atoms with Crippen molar-refractivity contribution in [2.75, 3.05) is 5.48 Å². The van der Waals surface area contributed by atoms with E-state index in [2.05, 4.69) is 12.4 Å². The van der Waals surface area contributed by atoms with Crippen LogP contribution in [0.15, 0.2) is 30.3 Å². The molecule has 0 aromatic heterocycles. The minimum absolute atomic E-state index is 0.0892. The monoisotopic (exact) mass is 305 g/mol. The molecule has 124 valence electrons. The van der Waals surface area contributed by atoms with Gasteiger partial charge in [0.2, 0.25) is 0 Å². The standard InChI is InChI=1S/C19H31NO2/c1-3-4-5-6-7-8-9-13-16-19(17(2)21)22-20-18-14-11-10-12-15-18/h10-12,14-15,19-20H,3-9,13,16H2,1-2H3/t19-/m1/s1. The van der Waals surface area contributed by atoms with E-state index < -0.39 is 0 Å². The van der Waals surface area contributed by atoms with Gasteiger partial charge in [0.25, 0.3) is 0 Å². The van der Waals surface area contributed by atoms with Crippen molar-refractivity contribution in [3.63, 3.8) is 0 Å². The first-order valence-electron chi connectivity index (χ1n) is 8.71. The van der Waals surface area contributed by atoms with E-state index in [1.165, 1.54) is 44.9 Å². The summed E-state index contributed by atoms with van der Waals surface area (Å²) in [5.74, 6) is 0.0892. The van der Waals surface area contributed by atoms with E-state index in [-0.39, 0.29) is 11.9 Å². The summed E-state index contributed by atoms with van der Waals surface area (Å²) in [7, 11) is 0. The fourth-order valence-electron chi connectivity index (χ4n) is 2.45. The summed E-state index contributed by atoms with van der Waals surface area (Å²) in [6, 6.07) is 9.68. The number of hydrogen-bond donors (Lipinski definition) is 1. The highest BCUT2D eigenvalue weighted by molar-refractivity contribution is 5.80. The average molecular weight is 305 g/mol. The number of carbonyl (C=O) groups is 1. The van der Waals surface area contributed by atoms with Gasteiger partial charge in [0.15, 0.2) is 5.78 Å². The van der Waals surface area contributed by atoms with Crippen LogP contribution >= 0.6 is 0 Å². The zero-order valence-corrected chi connectivity index (χ0v) is 14.1. The lowest BCUT2D eigenvalue weighted by molar-refractivity contribution is -0.127. The number of nitrogens with one attached hydrogen (secondary N) is 1. The zero-order chi connectivity index (χ0) is 16.0. The van der Waals surface area contributed by atoms with Crippen LogP contribution in [0.2, 0.25) is 0 Å². The number of carbonyl (C=O) groups excluding carboxylic acids is 1. The number of ketones is 1. The highest BCUT2D eigenvalue weighted by Gasteiger charge is 2.14. The first kappa shape index (κ1) is 18.7. The van der Waals surface area contributed by atoms with Crippen LogP contribution in [0.1, 0.15) is 71.6 Å². The third-order valence-electron chi connectivity index (χ3n) is 3.87. The molecule has 0 aliphatic heterocycles. The SMILES string of the molecule is CCCCCCCCCC[C@@H](ONc1ccccc1)C(C)=O. The van der Waals surface area contributed by atoms with Crippen molar-refractivity contribution < 1.29 is 9.63 Å². The Balaban J connectivity index is 2.12. The predicted molar refractivity (Wildman–Crippen MR) is 92.8 cm³/mol. The molecule has 0 spiro atoms. The number of Topliss-reactive ketones (excluding diaryl/α,β-unsaturated/α-hetero) is 1. The van der Waals surface area contributed by atoms with Crippen LogP contribution in [-0.2, 0) is 9.63 Å². The van der Waals surface area contributed by atoms with Gasteiger partial charge in [-0.05, 0) is 25.5 Å². The molecule has 1 rings (SSSR count). The summed E-state index contributed by atoms with van der Waals surface area (Å²) in [6.45, 7) is 3.84. The molecule has 22 heavy (non-hydrogen) atoms. The number of unbranched alkanes of at least 4 members (excludes halogenated alkanes) is 7. The molecule has 1 aromatic carbocycles. The van der Waals surface area contributed by atoms with Gasteiger partial charge in [-0.1, -0.05) is 76.5 Å². The minimum atomic E-state index is -0.347. The first-order valence-corrected chi connectivity index (χ1v) is 8.71. The van der Waals surface area contributed by atoms with Gasteiger partial charge in [0, 0.05) is 0 Å². The zero-order valence-electron chi connectivity index (χ0n) is 14.1. The van der Waals surface area contributed by atoms with Crippen molar-refractivity contribution in [1.29, 1.82) is 0 Å². The molecule has 1 N–H and O–H groups in total. The molecular weight excluding hydrogens is 274 g/mol. The lowest BCUT2D eigenvalue weighted by atomic mass is 10.0. The second-order valence-electron chi connectivity index (χ2n) is 5.95. The maximum atomic E-state index is 11.6.